The standard InChI is InChI=1S/C21H29NO7/c1-21(20(25)26-2)27-13-15(14-28-21)7-5-6-11-22-16-8-3-4-9-17(16)29-18(10-12-23)19(22)24/h3-4,8-9,15,18,23H,5-7,10-14H2,1-2H3. The number of ether oxygens (including phenoxy) is 4. The van der Waals surface area contributed by atoms with E-state index in [2.05, 4.69) is 0 Å². The number of fused-ring (bicyclic) bond motifs is 1. The minimum Gasteiger partial charge on any atom is -0.478 e. The first-order valence-corrected chi connectivity index (χ1v) is 10.0. The first-order valence-electron chi connectivity index (χ1n) is 10.0. The zero-order valence-electron chi connectivity index (χ0n) is 17.0. The SMILES string of the molecule is COC(=O)C1(C)OCC(CCCCN2C(=O)C(CCO)Oc3ccccc32)CO1. The largest absolute Gasteiger partial charge is 0.478 e. The van der Waals surface area contributed by atoms with Gasteiger partial charge in [-0.2, -0.15) is 0 Å². The van der Waals surface area contributed by atoms with E-state index in [1.165, 1.54) is 7.11 Å². The molecule has 160 valence electrons. The lowest BCUT2D eigenvalue weighted by Gasteiger charge is -2.35. The number of anilines is 1. The predicted octanol–water partition coefficient (Wildman–Crippen LogP) is 1.89. The van der Waals surface area contributed by atoms with Gasteiger partial charge in [-0.15, -0.1) is 0 Å². The van der Waals surface area contributed by atoms with E-state index in [-0.39, 0.29) is 24.9 Å². The highest BCUT2D eigenvalue weighted by Gasteiger charge is 2.41. The lowest BCUT2D eigenvalue weighted by Crippen LogP contribution is -2.48. The van der Waals surface area contributed by atoms with Gasteiger partial charge in [0, 0.05) is 32.4 Å². The lowest BCUT2D eigenvalue weighted by molar-refractivity contribution is -0.272. The minimum atomic E-state index is -1.32. The summed E-state index contributed by atoms with van der Waals surface area (Å²) in [5.41, 5.74) is 0.768. The lowest BCUT2D eigenvalue weighted by atomic mass is 10.0. The van der Waals surface area contributed by atoms with Gasteiger partial charge in [-0.05, 0) is 25.0 Å². The maximum absolute atomic E-state index is 12.7. The Morgan fingerprint density at radius 3 is 2.66 bits per heavy atom. The minimum absolute atomic E-state index is 0.0986. The molecule has 0 saturated carbocycles. The van der Waals surface area contributed by atoms with Crippen LogP contribution in [-0.2, 0) is 23.8 Å². The number of hydrogen-bond donors (Lipinski definition) is 1. The summed E-state index contributed by atoms with van der Waals surface area (Å²) >= 11 is 0. The molecule has 8 heteroatoms. The molecule has 0 radical (unpaired) electrons. The number of hydrogen-bond acceptors (Lipinski definition) is 7. The third-order valence-corrected chi connectivity index (χ3v) is 5.35. The fourth-order valence-corrected chi connectivity index (χ4v) is 3.62. The molecule has 1 aromatic carbocycles. The van der Waals surface area contributed by atoms with Gasteiger partial charge in [0.1, 0.15) is 5.75 Å². The first-order chi connectivity index (χ1) is 14.0. The van der Waals surface area contributed by atoms with Crippen LogP contribution in [0.4, 0.5) is 5.69 Å². The fraction of sp³-hybridized carbons (Fsp3) is 0.619. The van der Waals surface area contributed by atoms with Crippen molar-refractivity contribution in [3.63, 3.8) is 0 Å². The van der Waals surface area contributed by atoms with E-state index >= 15 is 0 Å². The number of carbonyl (C=O) groups is 2. The predicted molar refractivity (Wildman–Crippen MR) is 105 cm³/mol. The highest BCUT2D eigenvalue weighted by molar-refractivity contribution is 6.00. The molecule has 1 unspecified atom stereocenters. The zero-order chi connectivity index (χ0) is 20.9. The van der Waals surface area contributed by atoms with E-state index in [0.29, 0.717) is 25.5 Å². The summed E-state index contributed by atoms with van der Waals surface area (Å²) in [5, 5.41) is 9.21. The van der Waals surface area contributed by atoms with Gasteiger partial charge in [0.15, 0.2) is 6.10 Å². The molecule has 1 fully saturated rings. The van der Waals surface area contributed by atoms with Gasteiger partial charge < -0.3 is 29.0 Å². The maximum Gasteiger partial charge on any atom is 0.366 e. The van der Waals surface area contributed by atoms with E-state index in [0.717, 1.165) is 24.9 Å². The smallest absolute Gasteiger partial charge is 0.366 e. The number of aliphatic hydroxyl groups is 1. The summed E-state index contributed by atoms with van der Waals surface area (Å²) in [6.07, 6.45) is 2.21. The van der Waals surface area contributed by atoms with Crippen molar-refractivity contribution in [2.24, 2.45) is 5.92 Å². The van der Waals surface area contributed by atoms with E-state index in [4.69, 9.17) is 18.9 Å². The zero-order valence-corrected chi connectivity index (χ0v) is 17.0. The molecule has 3 rings (SSSR count). The van der Waals surface area contributed by atoms with Crippen molar-refractivity contribution in [1.29, 1.82) is 0 Å². The molecule has 1 saturated heterocycles. The average molecular weight is 407 g/mol. The number of rotatable bonds is 8. The van der Waals surface area contributed by atoms with Crippen LogP contribution in [0.25, 0.3) is 0 Å². The topological polar surface area (TPSA) is 94.5 Å². The Kier molecular flexibility index (Phi) is 7.10. The number of nitrogens with zero attached hydrogens (tertiary/aromatic N) is 1. The summed E-state index contributed by atoms with van der Waals surface area (Å²) in [5.74, 6) is -1.10. The van der Waals surface area contributed by atoms with Crippen LogP contribution in [0.5, 0.6) is 5.75 Å². The second kappa shape index (κ2) is 9.56. The van der Waals surface area contributed by atoms with E-state index < -0.39 is 17.9 Å². The summed E-state index contributed by atoms with van der Waals surface area (Å²) in [4.78, 5) is 26.2. The van der Waals surface area contributed by atoms with E-state index in [1.807, 2.05) is 24.3 Å². The summed E-state index contributed by atoms with van der Waals surface area (Å²) < 4.78 is 21.6. The van der Waals surface area contributed by atoms with Crippen LogP contribution in [0.3, 0.4) is 0 Å². The number of benzene rings is 1. The summed E-state index contributed by atoms with van der Waals surface area (Å²) in [7, 11) is 1.31. The monoisotopic (exact) mass is 407 g/mol. The van der Waals surface area contributed by atoms with Crippen LogP contribution >= 0.6 is 0 Å². The molecular formula is C21H29NO7. The van der Waals surface area contributed by atoms with Crippen molar-refractivity contribution in [3.8, 4) is 5.75 Å². The van der Waals surface area contributed by atoms with E-state index in [9.17, 15) is 14.7 Å². The molecule has 8 nitrogen and oxygen atoms in total. The molecule has 29 heavy (non-hydrogen) atoms. The Morgan fingerprint density at radius 1 is 1.24 bits per heavy atom. The van der Waals surface area contributed by atoms with Crippen molar-refractivity contribution in [2.75, 3.05) is 38.4 Å². The second-order valence-electron chi connectivity index (χ2n) is 7.50. The Balaban J connectivity index is 1.49. The molecule has 2 heterocycles. The third kappa shape index (κ3) is 4.88. The van der Waals surface area contributed by atoms with Crippen molar-refractivity contribution in [2.45, 2.75) is 44.5 Å². The number of aliphatic hydroxyl groups excluding tert-OH is 1. The van der Waals surface area contributed by atoms with Crippen LogP contribution in [0, 0.1) is 5.92 Å². The molecule has 2 aliphatic rings. The molecule has 2 aliphatic heterocycles. The molecule has 1 atom stereocenters. The number of esters is 1. The quantitative estimate of drug-likeness (QED) is 0.519. The highest BCUT2D eigenvalue weighted by Crippen LogP contribution is 2.34. The number of unbranched alkanes of at least 4 members (excludes halogenated alkanes) is 1. The Bertz CT molecular complexity index is 715. The fourth-order valence-electron chi connectivity index (χ4n) is 3.62. The third-order valence-electron chi connectivity index (χ3n) is 5.35. The average Bonchev–Trinajstić information content (AvgIpc) is 2.74. The van der Waals surface area contributed by atoms with Crippen LogP contribution in [0.15, 0.2) is 24.3 Å². The molecule has 1 amide bonds. The Hall–Kier alpha value is -2.16. The molecule has 0 bridgehead atoms. The van der Waals surface area contributed by atoms with Gasteiger partial charge in [0.05, 0.1) is 26.0 Å². The first kappa shape index (κ1) is 21.5. The van der Waals surface area contributed by atoms with Crippen molar-refractivity contribution >= 4 is 17.6 Å². The number of carbonyl (C=O) groups excluding carboxylic acids is 2. The molecule has 1 N–H and O–H groups in total. The summed E-state index contributed by atoms with van der Waals surface area (Å²) in [6.45, 7) is 2.92. The molecular weight excluding hydrogens is 378 g/mol. The number of para-hydroxylation sites is 2. The molecule has 1 aromatic rings. The van der Waals surface area contributed by atoms with Gasteiger partial charge in [-0.3, -0.25) is 4.79 Å². The van der Waals surface area contributed by atoms with Crippen LogP contribution in [0.2, 0.25) is 0 Å². The van der Waals surface area contributed by atoms with E-state index in [1.54, 1.807) is 11.8 Å². The van der Waals surface area contributed by atoms with Gasteiger partial charge in [-0.25, -0.2) is 4.79 Å². The molecule has 0 spiro atoms. The number of methoxy groups -OCH3 is 1. The molecule has 0 aliphatic carbocycles. The normalized spacial score (nSPS) is 26.6. The van der Waals surface area contributed by atoms with Crippen molar-refractivity contribution < 1.29 is 33.6 Å². The Morgan fingerprint density at radius 2 is 1.97 bits per heavy atom. The molecule has 0 aromatic heterocycles. The summed E-state index contributed by atoms with van der Waals surface area (Å²) in [6, 6.07) is 7.46. The van der Waals surface area contributed by atoms with Gasteiger partial charge in [0.2, 0.25) is 0 Å². The second-order valence-corrected chi connectivity index (χ2v) is 7.50. The highest BCUT2D eigenvalue weighted by atomic mass is 16.7. The van der Waals surface area contributed by atoms with Gasteiger partial charge in [-0.1, -0.05) is 18.6 Å². The van der Waals surface area contributed by atoms with Crippen molar-refractivity contribution in [1.82, 2.24) is 0 Å². The van der Waals surface area contributed by atoms with Crippen molar-refractivity contribution in [3.05, 3.63) is 24.3 Å². The Labute approximate surface area is 170 Å². The van der Waals surface area contributed by atoms with Gasteiger partial charge in [0.25, 0.3) is 11.7 Å². The van der Waals surface area contributed by atoms with Gasteiger partial charge >= 0.3 is 5.97 Å². The van der Waals surface area contributed by atoms with Crippen LogP contribution in [-0.4, -0.2) is 62.3 Å². The maximum atomic E-state index is 12.7. The number of amides is 1. The van der Waals surface area contributed by atoms with Crippen LogP contribution < -0.4 is 9.64 Å². The van der Waals surface area contributed by atoms with Crippen LogP contribution in [0.1, 0.15) is 32.6 Å².